The molecule has 1 aliphatic rings. The van der Waals surface area contributed by atoms with Crippen LogP contribution < -0.4 is 20.4 Å². The van der Waals surface area contributed by atoms with Crippen LogP contribution in [0.2, 0.25) is 0 Å². The van der Waals surface area contributed by atoms with Gasteiger partial charge in [-0.05, 0) is 37.5 Å². The van der Waals surface area contributed by atoms with Crippen LogP contribution in [-0.4, -0.2) is 48.2 Å². The van der Waals surface area contributed by atoms with Gasteiger partial charge in [0.05, 0.1) is 6.54 Å². The lowest BCUT2D eigenvalue weighted by Crippen LogP contribution is -2.30. The molecule has 1 aliphatic heterocycles. The molecule has 8 nitrogen and oxygen atoms in total. The number of hydrogen-bond acceptors (Lipinski definition) is 6. The summed E-state index contributed by atoms with van der Waals surface area (Å²) >= 11 is 0. The van der Waals surface area contributed by atoms with Crippen LogP contribution in [0.25, 0.3) is 0 Å². The van der Waals surface area contributed by atoms with Crippen molar-refractivity contribution in [3.63, 3.8) is 0 Å². The largest absolute Gasteiger partial charge is 0.347 e. The number of aromatic nitrogens is 3. The molecule has 0 bridgehead atoms. The number of nitrogens with zero attached hydrogens (tertiary/aromatic N) is 5. The van der Waals surface area contributed by atoms with Crippen LogP contribution >= 0.6 is 0 Å². The van der Waals surface area contributed by atoms with Crippen LogP contribution in [0.3, 0.4) is 0 Å². The van der Waals surface area contributed by atoms with Gasteiger partial charge in [0, 0.05) is 32.9 Å². The van der Waals surface area contributed by atoms with Crippen LogP contribution in [0.4, 0.5) is 22.4 Å². The molecular weight excluding hydrogens is 330 g/mol. The third kappa shape index (κ3) is 4.59. The second-order valence-corrected chi connectivity index (χ2v) is 6.62. The van der Waals surface area contributed by atoms with Gasteiger partial charge in [0.2, 0.25) is 11.9 Å². The predicted octanol–water partition coefficient (Wildman–Crippen LogP) is 2.17. The van der Waals surface area contributed by atoms with Crippen molar-refractivity contribution in [3.8, 4) is 0 Å². The van der Waals surface area contributed by atoms with Gasteiger partial charge < -0.3 is 20.4 Å². The van der Waals surface area contributed by atoms with Gasteiger partial charge in [0.25, 0.3) is 0 Å². The molecule has 2 N–H and O–H groups in total. The predicted molar refractivity (Wildman–Crippen MR) is 103 cm³/mol. The summed E-state index contributed by atoms with van der Waals surface area (Å²) in [4.78, 5) is 29.6. The number of benzene rings is 1. The summed E-state index contributed by atoms with van der Waals surface area (Å²) in [6.45, 7) is 4.13. The van der Waals surface area contributed by atoms with Crippen molar-refractivity contribution in [1.82, 2.24) is 20.3 Å². The van der Waals surface area contributed by atoms with Gasteiger partial charge >= 0.3 is 6.03 Å². The van der Waals surface area contributed by atoms with E-state index in [0.717, 1.165) is 37.2 Å². The monoisotopic (exact) mass is 355 g/mol. The van der Waals surface area contributed by atoms with E-state index in [-0.39, 0.29) is 12.6 Å². The number of carbonyl (C=O) groups excluding carboxylic acids is 1. The van der Waals surface area contributed by atoms with E-state index in [1.165, 1.54) is 0 Å². The second-order valence-electron chi connectivity index (χ2n) is 6.62. The molecule has 2 amide bonds. The number of amides is 2. The Balaban J connectivity index is 1.67. The Hall–Kier alpha value is -2.90. The maximum atomic E-state index is 12.1. The van der Waals surface area contributed by atoms with E-state index in [9.17, 15) is 4.79 Å². The Kier molecular flexibility index (Phi) is 5.50. The molecule has 2 heterocycles. The molecule has 0 aliphatic carbocycles. The lowest BCUT2D eigenvalue weighted by Gasteiger charge is -2.19. The average Bonchev–Trinajstić information content (AvgIpc) is 3.14. The Bertz CT molecular complexity index is 772. The number of urea groups is 1. The molecule has 3 rings (SSSR count). The fourth-order valence-electron chi connectivity index (χ4n) is 2.79. The molecule has 1 saturated heterocycles. The van der Waals surface area contributed by atoms with E-state index >= 15 is 0 Å². The standard InChI is InChI=1S/C18H25N7O/c1-13-7-6-8-14(11-13)20-18(26)19-12-15-21-16(24(2)3)23-17(22-15)25-9-4-5-10-25/h6-8,11H,4-5,9-10,12H2,1-3H3,(H2,19,20,26). The van der Waals surface area contributed by atoms with Crippen LogP contribution in [0.5, 0.6) is 0 Å². The molecule has 0 unspecified atom stereocenters. The van der Waals surface area contributed by atoms with Crippen LogP contribution in [-0.2, 0) is 6.54 Å². The molecule has 1 aromatic carbocycles. The van der Waals surface area contributed by atoms with E-state index in [0.29, 0.717) is 17.7 Å². The lowest BCUT2D eigenvalue weighted by atomic mass is 10.2. The molecule has 8 heteroatoms. The summed E-state index contributed by atoms with van der Waals surface area (Å²) < 4.78 is 0. The minimum absolute atomic E-state index is 0.238. The number of rotatable bonds is 5. The third-order valence-electron chi connectivity index (χ3n) is 4.13. The summed E-state index contributed by atoms with van der Waals surface area (Å²) in [5.41, 5.74) is 1.84. The summed E-state index contributed by atoms with van der Waals surface area (Å²) in [6, 6.07) is 7.37. The summed E-state index contributed by atoms with van der Waals surface area (Å²) in [5, 5.41) is 5.63. The van der Waals surface area contributed by atoms with E-state index < -0.39 is 0 Å². The molecule has 0 atom stereocenters. The van der Waals surface area contributed by atoms with Crippen molar-refractivity contribution < 1.29 is 4.79 Å². The number of hydrogen-bond donors (Lipinski definition) is 2. The summed E-state index contributed by atoms with van der Waals surface area (Å²) in [5.74, 6) is 1.82. The van der Waals surface area contributed by atoms with Crippen molar-refractivity contribution in [2.45, 2.75) is 26.3 Å². The number of aryl methyl sites for hydroxylation is 1. The Morgan fingerprint density at radius 2 is 1.96 bits per heavy atom. The fourth-order valence-corrected chi connectivity index (χ4v) is 2.79. The van der Waals surface area contributed by atoms with E-state index in [1.54, 1.807) is 0 Å². The highest BCUT2D eigenvalue weighted by Gasteiger charge is 2.18. The molecule has 2 aromatic rings. The highest BCUT2D eigenvalue weighted by molar-refractivity contribution is 5.89. The van der Waals surface area contributed by atoms with E-state index in [4.69, 9.17) is 0 Å². The van der Waals surface area contributed by atoms with Crippen LogP contribution in [0.1, 0.15) is 24.2 Å². The maximum Gasteiger partial charge on any atom is 0.319 e. The van der Waals surface area contributed by atoms with Gasteiger partial charge in [-0.2, -0.15) is 15.0 Å². The van der Waals surface area contributed by atoms with Gasteiger partial charge in [-0.25, -0.2) is 4.79 Å². The first-order chi connectivity index (χ1) is 12.5. The smallest absolute Gasteiger partial charge is 0.319 e. The number of nitrogens with one attached hydrogen (secondary N) is 2. The first kappa shape index (κ1) is 17.9. The van der Waals surface area contributed by atoms with Crippen molar-refractivity contribution >= 4 is 23.6 Å². The second kappa shape index (κ2) is 7.99. The van der Waals surface area contributed by atoms with Gasteiger partial charge in [-0.15, -0.1) is 0 Å². The molecule has 0 saturated carbocycles. The summed E-state index contributed by atoms with van der Waals surface area (Å²) in [6.07, 6.45) is 2.30. The Morgan fingerprint density at radius 1 is 1.19 bits per heavy atom. The zero-order valence-corrected chi connectivity index (χ0v) is 15.5. The van der Waals surface area contributed by atoms with Gasteiger partial charge in [0.15, 0.2) is 5.82 Å². The lowest BCUT2D eigenvalue weighted by molar-refractivity contribution is 0.251. The van der Waals surface area contributed by atoms with E-state index in [2.05, 4.69) is 30.5 Å². The SMILES string of the molecule is Cc1cccc(NC(=O)NCc2nc(N(C)C)nc(N3CCCC3)n2)c1. The van der Waals surface area contributed by atoms with Gasteiger partial charge in [0.1, 0.15) is 0 Å². The van der Waals surface area contributed by atoms with Crippen molar-refractivity contribution in [1.29, 1.82) is 0 Å². The Morgan fingerprint density at radius 3 is 2.65 bits per heavy atom. The fraction of sp³-hybridized carbons (Fsp3) is 0.444. The van der Waals surface area contributed by atoms with Crippen molar-refractivity contribution in [3.05, 3.63) is 35.7 Å². The normalized spacial score (nSPS) is 13.6. The summed E-state index contributed by atoms with van der Waals surface area (Å²) in [7, 11) is 3.79. The molecule has 138 valence electrons. The van der Waals surface area contributed by atoms with Gasteiger partial charge in [-0.3, -0.25) is 0 Å². The topological polar surface area (TPSA) is 86.3 Å². The molecule has 1 fully saturated rings. The molecular formula is C18H25N7O. The number of carbonyl (C=O) groups is 1. The van der Waals surface area contributed by atoms with Gasteiger partial charge in [-0.1, -0.05) is 12.1 Å². The average molecular weight is 355 g/mol. The highest BCUT2D eigenvalue weighted by Crippen LogP contribution is 2.18. The van der Waals surface area contributed by atoms with Crippen LogP contribution in [0.15, 0.2) is 24.3 Å². The quantitative estimate of drug-likeness (QED) is 0.855. The van der Waals surface area contributed by atoms with Crippen molar-refractivity contribution in [2.24, 2.45) is 0 Å². The van der Waals surface area contributed by atoms with Crippen molar-refractivity contribution in [2.75, 3.05) is 42.3 Å². The third-order valence-corrected chi connectivity index (χ3v) is 4.13. The first-order valence-electron chi connectivity index (χ1n) is 8.80. The molecule has 0 spiro atoms. The number of anilines is 3. The minimum Gasteiger partial charge on any atom is -0.347 e. The van der Waals surface area contributed by atoms with Crippen LogP contribution in [0, 0.1) is 6.92 Å². The first-order valence-corrected chi connectivity index (χ1v) is 8.80. The zero-order valence-electron chi connectivity index (χ0n) is 15.5. The molecule has 1 aromatic heterocycles. The highest BCUT2D eigenvalue weighted by atomic mass is 16.2. The maximum absolute atomic E-state index is 12.1. The zero-order chi connectivity index (χ0) is 18.5. The minimum atomic E-state index is -0.287. The Labute approximate surface area is 153 Å². The molecule has 0 radical (unpaired) electrons. The molecule has 26 heavy (non-hydrogen) atoms. The van der Waals surface area contributed by atoms with E-state index in [1.807, 2.05) is 50.2 Å².